The molecule has 0 unspecified atom stereocenters. The van der Waals surface area contributed by atoms with E-state index in [1.165, 1.54) is 0 Å². The van der Waals surface area contributed by atoms with Gasteiger partial charge < -0.3 is 35.3 Å². The van der Waals surface area contributed by atoms with Gasteiger partial charge in [0.25, 0.3) is 0 Å². The van der Waals surface area contributed by atoms with Gasteiger partial charge in [0.15, 0.2) is 11.6 Å². The van der Waals surface area contributed by atoms with E-state index in [0.29, 0.717) is 29.4 Å². The van der Waals surface area contributed by atoms with E-state index < -0.39 is 30.1 Å². The highest BCUT2D eigenvalue weighted by Crippen LogP contribution is 2.37. The molecule has 0 aliphatic carbocycles. The van der Waals surface area contributed by atoms with Crippen molar-refractivity contribution in [2.24, 2.45) is 5.73 Å². The fraction of sp³-hybridized carbons (Fsp3) is 0.211. The number of hydrogen-bond acceptors (Lipinski definition) is 7. The van der Waals surface area contributed by atoms with Crippen molar-refractivity contribution in [1.82, 2.24) is 9.97 Å². The topological polar surface area (TPSA) is 175 Å². The van der Waals surface area contributed by atoms with E-state index in [1.54, 1.807) is 24.3 Å². The van der Waals surface area contributed by atoms with E-state index in [-0.39, 0.29) is 24.2 Å². The van der Waals surface area contributed by atoms with Crippen LogP contribution in [0.25, 0.3) is 22.5 Å². The molecule has 56 heavy (non-hydrogen) atoms. The van der Waals surface area contributed by atoms with E-state index >= 15 is 4.39 Å². The summed E-state index contributed by atoms with van der Waals surface area (Å²) in [6.07, 6.45) is -10.4. The molecule has 11 nitrogen and oxygen atoms in total. The zero-order chi connectivity index (χ0) is 41.8. The molecule has 0 spiro atoms. The lowest BCUT2D eigenvalue weighted by Gasteiger charge is -2.24. The van der Waals surface area contributed by atoms with Gasteiger partial charge in [-0.25, -0.2) is 19.0 Å². The van der Waals surface area contributed by atoms with E-state index in [0.717, 1.165) is 28.2 Å². The second-order valence-corrected chi connectivity index (χ2v) is 11.7. The van der Waals surface area contributed by atoms with Crippen LogP contribution in [0.2, 0.25) is 0 Å². The molecular formula is C38H36F7N5O6. The van der Waals surface area contributed by atoms with Crippen LogP contribution in [-0.2, 0) is 16.1 Å². The third-order valence-corrected chi connectivity index (χ3v) is 7.12. The summed E-state index contributed by atoms with van der Waals surface area (Å²) in [5, 5.41) is 22.1. The van der Waals surface area contributed by atoms with Gasteiger partial charge in [-0.3, -0.25) is 5.41 Å². The molecule has 4 aromatic carbocycles. The lowest BCUT2D eigenvalue weighted by Crippen LogP contribution is -2.21. The lowest BCUT2D eigenvalue weighted by molar-refractivity contribution is -0.193. The van der Waals surface area contributed by atoms with Crippen molar-refractivity contribution in [3.63, 3.8) is 0 Å². The number of aromatic amines is 1. The SMILES string of the molecule is CCOc1cc(CN(c2ccc(C(=N)N)cc2)c2nc(-c3ccccc3)c(-c3ccccc3)[nH]2)c(F)c(OC(C)C)c1.O=C(O)C(F)(F)F.O=C(O)C(F)(F)F. The summed E-state index contributed by atoms with van der Waals surface area (Å²) in [6, 6.07) is 30.4. The maximum Gasteiger partial charge on any atom is 0.490 e. The van der Waals surface area contributed by atoms with Crippen LogP contribution in [0.1, 0.15) is 31.9 Å². The number of benzene rings is 4. The second-order valence-electron chi connectivity index (χ2n) is 11.7. The highest BCUT2D eigenvalue weighted by Gasteiger charge is 2.39. The minimum Gasteiger partial charge on any atom is -0.494 e. The van der Waals surface area contributed by atoms with Gasteiger partial charge >= 0.3 is 24.3 Å². The Morgan fingerprint density at radius 1 is 0.857 bits per heavy atom. The van der Waals surface area contributed by atoms with Crippen molar-refractivity contribution in [2.45, 2.75) is 45.8 Å². The number of nitrogens with one attached hydrogen (secondary N) is 2. The summed E-state index contributed by atoms with van der Waals surface area (Å²) in [5.41, 5.74) is 11.0. The number of aliphatic carboxylic acids is 2. The quantitative estimate of drug-likeness (QED) is 0.0497. The minimum absolute atomic E-state index is 0.0326. The van der Waals surface area contributed by atoms with E-state index in [4.69, 9.17) is 45.4 Å². The fourth-order valence-electron chi connectivity index (χ4n) is 4.72. The first-order valence-corrected chi connectivity index (χ1v) is 16.4. The number of nitrogens with two attached hydrogens (primary N) is 1. The number of alkyl halides is 6. The van der Waals surface area contributed by atoms with Crippen molar-refractivity contribution in [3.05, 3.63) is 114 Å². The van der Waals surface area contributed by atoms with Gasteiger partial charge in [-0.15, -0.1) is 0 Å². The average molecular weight is 792 g/mol. The molecule has 0 aliphatic rings. The lowest BCUT2D eigenvalue weighted by atomic mass is 10.1. The molecule has 5 aromatic rings. The number of hydrogen-bond donors (Lipinski definition) is 5. The van der Waals surface area contributed by atoms with Gasteiger partial charge in [0, 0.05) is 34.0 Å². The summed E-state index contributed by atoms with van der Waals surface area (Å²) < 4.78 is 91.0. The van der Waals surface area contributed by atoms with Gasteiger partial charge in [0.2, 0.25) is 5.95 Å². The number of ether oxygens (including phenoxy) is 2. The molecule has 5 rings (SSSR count). The molecule has 1 heterocycles. The molecule has 18 heteroatoms. The zero-order valence-corrected chi connectivity index (χ0v) is 29.9. The van der Waals surface area contributed by atoms with Crippen LogP contribution in [0.15, 0.2) is 97.1 Å². The Hall–Kier alpha value is -6.59. The fourth-order valence-corrected chi connectivity index (χ4v) is 4.72. The predicted octanol–water partition coefficient (Wildman–Crippen LogP) is 8.96. The van der Waals surface area contributed by atoms with Crippen LogP contribution >= 0.6 is 0 Å². The number of rotatable bonds is 11. The van der Waals surface area contributed by atoms with Gasteiger partial charge in [-0.1, -0.05) is 60.7 Å². The van der Waals surface area contributed by atoms with Crippen LogP contribution in [0, 0.1) is 11.2 Å². The summed E-state index contributed by atoms with van der Waals surface area (Å²) in [7, 11) is 0. The molecular weight excluding hydrogens is 755 g/mol. The molecule has 6 N–H and O–H groups in total. The van der Waals surface area contributed by atoms with Crippen molar-refractivity contribution >= 4 is 29.4 Å². The molecule has 298 valence electrons. The van der Waals surface area contributed by atoms with Gasteiger partial charge in [-0.2, -0.15) is 26.3 Å². The third kappa shape index (κ3) is 12.5. The van der Waals surface area contributed by atoms with Crippen molar-refractivity contribution in [3.8, 4) is 34.0 Å². The largest absolute Gasteiger partial charge is 0.494 e. The third-order valence-electron chi connectivity index (χ3n) is 7.12. The number of nitrogen functional groups attached to an aromatic ring is 1. The summed E-state index contributed by atoms with van der Waals surface area (Å²) >= 11 is 0. The first-order chi connectivity index (χ1) is 26.2. The molecule has 0 saturated heterocycles. The Labute approximate surface area is 315 Å². The Morgan fingerprint density at radius 2 is 1.36 bits per heavy atom. The van der Waals surface area contributed by atoms with Gasteiger partial charge in [-0.05, 0) is 51.1 Å². The zero-order valence-electron chi connectivity index (χ0n) is 29.9. The number of anilines is 2. The Balaban J connectivity index is 0.000000512. The summed E-state index contributed by atoms with van der Waals surface area (Å²) in [5.74, 6) is -4.83. The average Bonchev–Trinajstić information content (AvgIpc) is 3.58. The number of carboxylic acid groups (broad SMARTS) is 2. The Morgan fingerprint density at radius 3 is 1.80 bits per heavy atom. The normalized spacial score (nSPS) is 11.1. The van der Waals surface area contributed by atoms with E-state index in [2.05, 4.69) is 4.98 Å². The van der Waals surface area contributed by atoms with Crippen LogP contribution in [-0.4, -0.2) is 63.0 Å². The molecule has 0 aliphatic heterocycles. The predicted molar refractivity (Wildman–Crippen MR) is 193 cm³/mol. The van der Waals surface area contributed by atoms with Crippen LogP contribution < -0.4 is 20.1 Å². The van der Waals surface area contributed by atoms with Crippen molar-refractivity contribution < 1.29 is 60.0 Å². The first-order valence-electron chi connectivity index (χ1n) is 16.4. The maximum atomic E-state index is 15.9. The molecule has 0 bridgehead atoms. The highest BCUT2D eigenvalue weighted by molar-refractivity contribution is 5.95. The molecule has 1 aromatic heterocycles. The Bertz CT molecular complexity index is 1990. The standard InChI is InChI=1S/C34H34FN5O2.2C2HF3O2/c1-4-41-28-19-26(30(35)29(20-28)42-22(2)3)21-40(27-17-15-25(16-18-27)33(36)37)34-38-31(23-11-7-5-8-12-23)32(39-34)24-13-9-6-10-14-24;2*3-2(4,5)1(6)7/h5-20,22H,4,21H2,1-3H3,(H3,36,37)(H,38,39);2*(H,6,7). The number of carboxylic acids is 2. The number of carbonyl (C=O) groups is 2. The molecule has 0 saturated carbocycles. The number of imidazole rings is 1. The van der Waals surface area contributed by atoms with Gasteiger partial charge in [0.1, 0.15) is 11.6 Å². The van der Waals surface area contributed by atoms with Crippen LogP contribution in [0.5, 0.6) is 11.5 Å². The monoisotopic (exact) mass is 791 g/mol. The molecule has 0 atom stereocenters. The number of H-pyrrole nitrogens is 1. The second kappa shape index (κ2) is 19.1. The minimum atomic E-state index is -5.08. The van der Waals surface area contributed by atoms with E-state index in [9.17, 15) is 26.3 Å². The van der Waals surface area contributed by atoms with Crippen molar-refractivity contribution in [2.75, 3.05) is 11.5 Å². The van der Waals surface area contributed by atoms with Crippen LogP contribution in [0.3, 0.4) is 0 Å². The number of amidine groups is 1. The molecule has 0 amide bonds. The first kappa shape index (κ1) is 43.8. The van der Waals surface area contributed by atoms with Crippen molar-refractivity contribution in [1.29, 1.82) is 5.41 Å². The van der Waals surface area contributed by atoms with Gasteiger partial charge in [0.05, 0.1) is 30.6 Å². The Kier molecular flexibility index (Phi) is 15.0. The molecule has 0 radical (unpaired) electrons. The maximum absolute atomic E-state index is 15.9. The number of nitrogens with zero attached hydrogens (tertiary/aromatic N) is 2. The smallest absolute Gasteiger partial charge is 0.490 e. The highest BCUT2D eigenvalue weighted by atomic mass is 19.4. The van der Waals surface area contributed by atoms with E-state index in [1.807, 2.05) is 98.5 Å². The number of halogens is 7. The molecule has 0 fully saturated rings. The van der Waals surface area contributed by atoms with Crippen LogP contribution in [0.4, 0.5) is 42.4 Å². The number of aromatic nitrogens is 2. The summed E-state index contributed by atoms with van der Waals surface area (Å²) in [4.78, 5) is 28.3. The summed E-state index contributed by atoms with van der Waals surface area (Å²) in [6.45, 7) is 6.15.